The number of aromatic nitrogens is 2. The second kappa shape index (κ2) is 6.18. The molecule has 0 aliphatic carbocycles. The maximum absolute atomic E-state index is 11.4. The summed E-state index contributed by atoms with van der Waals surface area (Å²) >= 11 is 0. The molecule has 6 nitrogen and oxygen atoms in total. The zero-order valence-electron chi connectivity index (χ0n) is 11.9. The van der Waals surface area contributed by atoms with Crippen LogP contribution in [0, 0.1) is 6.92 Å². The van der Waals surface area contributed by atoms with Crippen LogP contribution in [0.3, 0.4) is 0 Å². The maximum atomic E-state index is 11.4. The van der Waals surface area contributed by atoms with E-state index in [1.807, 2.05) is 31.2 Å². The molecule has 2 aromatic rings. The van der Waals surface area contributed by atoms with E-state index in [0.717, 1.165) is 11.1 Å². The van der Waals surface area contributed by atoms with Gasteiger partial charge in [0.05, 0.1) is 0 Å². The predicted octanol–water partition coefficient (Wildman–Crippen LogP) is 1.86. The van der Waals surface area contributed by atoms with Crippen LogP contribution in [0.1, 0.15) is 11.5 Å². The quantitative estimate of drug-likeness (QED) is 0.923. The third-order valence-corrected chi connectivity index (χ3v) is 2.86. The number of benzene rings is 1. The van der Waals surface area contributed by atoms with E-state index in [9.17, 15) is 4.79 Å². The molecular weight excluding hydrogens is 256 g/mol. The Morgan fingerprint density at radius 1 is 1.30 bits per heavy atom. The van der Waals surface area contributed by atoms with Crippen LogP contribution in [-0.2, 0) is 6.42 Å². The topological polar surface area (TPSA) is 71.3 Å². The van der Waals surface area contributed by atoms with Crippen molar-refractivity contribution in [2.45, 2.75) is 13.3 Å². The van der Waals surface area contributed by atoms with Gasteiger partial charge in [-0.1, -0.05) is 18.2 Å². The van der Waals surface area contributed by atoms with Crippen molar-refractivity contribution >= 4 is 6.03 Å². The van der Waals surface area contributed by atoms with Gasteiger partial charge in [-0.3, -0.25) is 0 Å². The molecule has 6 heteroatoms. The molecule has 0 aliphatic rings. The number of hydrogen-bond acceptors (Lipinski definition) is 4. The number of hydrogen-bond donors (Lipinski definition) is 1. The lowest BCUT2D eigenvalue weighted by molar-refractivity contribution is 0.217. The summed E-state index contributed by atoms with van der Waals surface area (Å²) in [6, 6.07) is 7.71. The summed E-state index contributed by atoms with van der Waals surface area (Å²) < 4.78 is 5.61. The summed E-state index contributed by atoms with van der Waals surface area (Å²) in [5, 5.41) is 10.8. The van der Waals surface area contributed by atoms with Crippen LogP contribution >= 0.6 is 0 Å². The molecule has 0 saturated heterocycles. The Labute approximate surface area is 117 Å². The molecule has 0 fully saturated rings. The number of amides is 2. The van der Waals surface area contributed by atoms with E-state index in [1.165, 1.54) is 4.90 Å². The van der Waals surface area contributed by atoms with Crippen molar-refractivity contribution in [3.63, 3.8) is 0 Å². The summed E-state index contributed by atoms with van der Waals surface area (Å²) in [4.78, 5) is 12.8. The van der Waals surface area contributed by atoms with Crippen molar-refractivity contribution in [1.82, 2.24) is 20.4 Å². The summed E-state index contributed by atoms with van der Waals surface area (Å²) in [7, 11) is 3.39. The highest BCUT2D eigenvalue weighted by atomic mass is 16.4. The predicted molar refractivity (Wildman–Crippen MR) is 75.3 cm³/mol. The van der Waals surface area contributed by atoms with Crippen molar-refractivity contribution in [2.75, 3.05) is 20.6 Å². The SMILES string of the molecule is Cc1ccccc1-c1nnc(CCNC(=O)N(C)C)o1. The average molecular weight is 274 g/mol. The van der Waals surface area contributed by atoms with E-state index < -0.39 is 0 Å². The Morgan fingerprint density at radius 3 is 2.75 bits per heavy atom. The van der Waals surface area contributed by atoms with Gasteiger partial charge in [0.15, 0.2) is 0 Å². The van der Waals surface area contributed by atoms with Crippen LogP contribution in [0.5, 0.6) is 0 Å². The number of carbonyl (C=O) groups is 1. The lowest BCUT2D eigenvalue weighted by Gasteiger charge is -2.10. The third-order valence-electron chi connectivity index (χ3n) is 2.86. The van der Waals surface area contributed by atoms with Crippen molar-refractivity contribution in [3.05, 3.63) is 35.7 Å². The van der Waals surface area contributed by atoms with E-state index in [1.54, 1.807) is 14.1 Å². The molecule has 20 heavy (non-hydrogen) atoms. The molecule has 0 spiro atoms. The second-order valence-corrected chi connectivity index (χ2v) is 4.69. The van der Waals surface area contributed by atoms with Crippen molar-refractivity contribution < 1.29 is 9.21 Å². The monoisotopic (exact) mass is 274 g/mol. The summed E-state index contributed by atoms with van der Waals surface area (Å²) in [6.45, 7) is 2.46. The molecule has 1 aromatic heterocycles. The van der Waals surface area contributed by atoms with Gasteiger partial charge in [0.2, 0.25) is 11.8 Å². The van der Waals surface area contributed by atoms with Gasteiger partial charge in [-0.05, 0) is 18.6 Å². The zero-order valence-corrected chi connectivity index (χ0v) is 11.9. The van der Waals surface area contributed by atoms with E-state index in [0.29, 0.717) is 24.7 Å². The van der Waals surface area contributed by atoms with Crippen LogP contribution in [0.25, 0.3) is 11.5 Å². The van der Waals surface area contributed by atoms with Crippen molar-refractivity contribution in [3.8, 4) is 11.5 Å². The molecule has 2 rings (SSSR count). The highest BCUT2D eigenvalue weighted by Crippen LogP contribution is 2.21. The Morgan fingerprint density at radius 2 is 2.05 bits per heavy atom. The fraction of sp³-hybridized carbons (Fsp3) is 0.357. The second-order valence-electron chi connectivity index (χ2n) is 4.69. The van der Waals surface area contributed by atoms with Crippen LogP contribution in [0.2, 0.25) is 0 Å². The van der Waals surface area contributed by atoms with E-state index in [2.05, 4.69) is 15.5 Å². The number of nitrogens with zero attached hydrogens (tertiary/aromatic N) is 3. The molecule has 2 amide bonds. The Balaban J connectivity index is 1.96. The van der Waals surface area contributed by atoms with Crippen LogP contribution in [0.15, 0.2) is 28.7 Å². The maximum Gasteiger partial charge on any atom is 0.316 e. The first-order valence-corrected chi connectivity index (χ1v) is 6.41. The Bertz CT molecular complexity index is 592. The first-order valence-electron chi connectivity index (χ1n) is 6.41. The first-order chi connectivity index (χ1) is 9.58. The van der Waals surface area contributed by atoms with Gasteiger partial charge in [-0.2, -0.15) is 0 Å². The van der Waals surface area contributed by atoms with Gasteiger partial charge < -0.3 is 14.6 Å². The first kappa shape index (κ1) is 14.0. The smallest absolute Gasteiger partial charge is 0.316 e. The van der Waals surface area contributed by atoms with Gasteiger partial charge in [0.1, 0.15) is 0 Å². The van der Waals surface area contributed by atoms with Gasteiger partial charge in [0.25, 0.3) is 0 Å². The Hall–Kier alpha value is -2.37. The van der Waals surface area contributed by atoms with E-state index in [-0.39, 0.29) is 6.03 Å². The van der Waals surface area contributed by atoms with Gasteiger partial charge >= 0.3 is 6.03 Å². The van der Waals surface area contributed by atoms with Crippen LogP contribution in [0.4, 0.5) is 4.79 Å². The molecule has 0 aliphatic heterocycles. The molecule has 1 heterocycles. The molecule has 0 unspecified atom stereocenters. The van der Waals surface area contributed by atoms with Crippen molar-refractivity contribution in [1.29, 1.82) is 0 Å². The molecule has 0 radical (unpaired) electrons. The van der Waals surface area contributed by atoms with Crippen LogP contribution in [-0.4, -0.2) is 41.8 Å². The number of aryl methyl sites for hydroxylation is 1. The minimum Gasteiger partial charge on any atom is -0.421 e. The fourth-order valence-corrected chi connectivity index (χ4v) is 1.71. The zero-order chi connectivity index (χ0) is 14.5. The Kier molecular flexibility index (Phi) is 4.34. The number of nitrogens with one attached hydrogen (secondary N) is 1. The highest BCUT2D eigenvalue weighted by molar-refractivity contribution is 5.73. The van der Waals surface area contributed by atoms with E-state index >= 15 is 0 Å². The van der Waals surface area contributed by atoms with Gasteiger partial charge in [-0.15, -0.1) is 10.2 Å². The van der Waals surface area contributed by atoms with Gasteiger partial charge in [-0.25, -0.2) is 4.79 Å². The molecule has 1 aromatic carbocycles. The minimum absolute atomic E-state index is 0.136. The third kappa shape index (κ3) is 3.34. The van der Waals surface area contributed by atoms with Gasteiger partial charge in [0, 0.05) is 32.6 Å². The summed E-state index contributed by atoms with van der Waals surface area (Å²) in [5.74, 6) is 1.03. The standard InChI is InChI=1S/C14H18N4O2/c1-10-6-4-5-7-11(10)13-17-16-12(20-13)8-9-15-14(19)18(2)3/h4-7H,8-9H2,1-3H3,(H,15,19). The lowest BCUT2D eigenvalue weighted by Crippen LogP contribution is -2.35. The molecular formula is C14H18N4O2. The summed E-state index contributed by atoms with van der Waals surface area (Å²) in [6.07, 6.45) is 0.512. The molecule has 106 valence electrons. The average Bonchev–Trinajstić information content (AvgIpc) is 2.87. The molecule has 0 bridgehead atoms. The lowest BCUT2D eigenvalue weighted by atomic mass is 10.1. The fourth-order valence-electron chi connectivity index (χ4n) is 1.71. The number of rotatable bonds is 4. The van der Waals surface area contributed by atoms with Crippen LogP contribution < -0.4 is 5.32 Å². The highest BCUT2D eigenvalue weighted by Gasteiger charge is 2.10. The summed E-state index contributed by atoms with van der Waals surface area (Å²) in [5.41, 5.74) is 2.02. The molecule has 1 N–H and O–H groups in total. The van der Waals surface area contributed by atoms with Crippen molar-refractivity contribution in [2.24, 2.45) is 0 Å². The minimum atomic E-state index is -0.136. The largest absolute Gasteiger partial charge is 0.421 e. The molecule has 0 saturated carbocycles. The van der Waals surface area contributed by atoms with E-state index in [4.69, 9.17) is 4.42 Å². The normalized spacial score (nSPS) is 10.3. The number of urea groups is 1. The number of carbonyl (C=O) groups excluding carboxylic acids is 1. The molecule has 0 atom stereocenters.